The number of aromatic nitrogens is 1. The summed E-state index contributed by atoms with van der Waals surface area (Å²) in [5.41, 5.74) is 1.13. The van der Waals surface area contributed by atoms with Crippen LogP contribution in [0.5, 0.6) is 5.75 Å². The monoisotopic (exact) mass is 285 g/mol. The third-order valence-electron chi connectivity index (χ3n) is 3.48. The zero-order valence-electron chi connectivity index (χ0n) is 11.7. The number of hydrogen-bond acceptors (Lipinski definition) is 2. The lowest BCUT2D eigenvalue weighted by Gasteiger charge is -2.11. The lowest BCUT2D eigenvalue weighted by molar-refractivity contribution is 0.407. The van der Waals surface area contributed by atoms with Crippen LogP contribution < -0.4 is 4.74 Å². The topological polar surface area (TPSA) is 22.1 Å². The highest BCUT2D eigenvalue weighted by Gasteiger charge is 2.17. The molecule has 2 nitrogen and oxygen atoms in total. The van der Waals surface area contributed by atoms with Crippen LogP contribution in [0.15, 0.2) is 42.6 Å². The molecule has 4 heteroatoms. The van der Waals surface area contributed by atoms with E-state index in [2.05, 4.69) is 4.98 Å². The van der Waals surface area contributed by atoms with E-state index >= 15 is 0 Å². The summed E-state index contributed by atoms with van der Waals surface area (Å²) in [6, 6.07) is 9.76. The van der Waals surface area contributed by atoms with Crippen LogP contribution in [0.25, 0.3) is 22.0 Å². The second-order valence-electron chi connectivity index (χ2n) is 4.80. The molecule has 3 rings (SSSR count). The van der Waals surface area contributed by atoms with Crippen LogP contribution >= 0.6 is 0 Å². The van der Waals surface area contributed by atoms with Gasteiger partial charge in [0.15, 0.2) is 0 Å². The number of ether oxygens (including phenoxy) is 1. The molecular weight excluding hydrogens is 272 g/mol. The minimum absolute atomic E-state index is 0.132. The highest BCUT2D eigenvalue weighted by Crippen LogP contribution is 2.33. The van der Waals surface area contributed by atoms with Crippen molar-refractivity contribution in [1.29, 1.82) is 0 Å². The van der Waals surface area contributed by atoms with E-state index in [4.69, 9.17) is 4.74 Å². The number of methoxy groups -OCH3 is 1. The first-order valence-electron chi connectivity index (χ1n) is 6.49. The van der Waals surface area contributed by atoms with Crippen molar-refractivity contribution in [1.82, 2.24) is 4.98 Å². The Morgan fingerprint density at radius 3 is 2.24 bits per heavy atom. The van der Waals surface area contributed by atoms with E-state index < -0.39 is 11.6 Å². The zero-order chi connectivity index (χ0) is 15.0. The van der Waals surface area contributed by atoms with Gasteiger partial charge in [-0.3, -0.25) is 4.98 Å². The number of nitrogens with zero attached hydrogens (tertiary/aromatic N) is 1. The Hall–Kier alpha value is -2.49. The maximum atomic E-state index is 14.3. The Labute approximate surface area is 121 Å². The fourth-order valence-electron chi connectivity index (χ4n) is 2.43. The Morgan fingerprint density at radius 1 is 1.00 bits per heavy atom. The SMILES string of the molecule is COc1cc(F)c(-c2ncc(C)c3ccccc23)c(F)c1. The van der Waals surface area contributed by atoms with Gasteiger partial charge in [-0.1, -0.05) is 24.3 Å². The minimum Gasteiger partial charge on any atom is -0.497 e. The normalized spacial score (nSPS) is 10.9. The number of halogens is 2. The Morgan fingerprint density at radius 2 is 1.62 bits per heavy atom. The molecule has 0 fully saturated rings. The van der Waals surface area contributed by atoms with Crippen molar-refractivity contribution in [2.75, 3.05) is 7.11 Å². The second-order valence-corrected chi connectivity index (χ2v) is 4.80. The molecule has 0 saturated carbocycles. The molecule has 0 spiro atoms. The predicted octanol–water partition coefficient (Wildman–Crippen LogP) is 4.50. The molecule has 0 aliphatic carbocycles. The Balaban J connectivity index is 2.34. The lowest BCUT2D eigenvalue weighted by atomic mass is 10.0. The molecule has 0 saturated heterocycles. The first kappa shape index (κ1) is 13.5. The van der Waals surface area contributed by atoms with E-state index in [1.165, 1.54) is 7.11 Å². The van der Waals surface area contributed by atoms with Crippen molar-refractivity contribution in [2.24, 2.45) is 0 Å². The van der Waals surface area contributed by atoms with Gasteiger partial charge in [0.25, 0.3) is 0 Å². The van der Waals surface area contributed by atoms with Gasteiger partial charge in [-0.15, -0.1) is 0 Å². The summed E-state index contributed by atoms with van der Waals surface area (Å²) in [5, 5.41) is 1.65. The molecule has 0 unspecified atom stereocenters. The average Bonchev–Trinajstić information content (AvgIpc) is 2.49. The predicted molar refractivity (Wildman–Crippen MR) is 78.4 cm³/mol. The molecule has 0 N–H and O–H groups in total. The van der Waals surface area contributed by atoms with Gasteiger partial charge in [-0.2, -0.15) is 0 Å². The summed E-state index contributed by atoms with van der Waals surface area (Å²) in [7, 11) is 1.37. The Bertz CT molecular complexity index is 807. The van der Waals surface area contributed by atoms with E-state index in [1.807, 2.05) is 31.2 Å². The fourth-order valence-corrected chi connectivity index (χ4v) is 2.43. The van der Waals surface area contributed by atoms with E-state index in [-0.39, 0.29) is 11.3 Å². The second kappa shape index (κ2) is 5.13. The molecule has 21 heavy (non-hydrogen) atoms. The first-order valence-corrected chi connectivity index (χ1v) is 6.49. The maximum Gasteiger partial charge on any atom is 0.139 e. The molecule has 2 aromatic carbocycles. The van der Waals surface area contributed by atoms with E-state index in [1.54, 1.807) is 6.20 Å². The average molecular weight is 285 g/mol. The van der Waals surface area contributed by atoms with Gasteiger partial charge in [0.05, 0.1) is 18.4 Å². The van der Waals surface area contributed by atoms with Crippen molar-refractivity contribution in [2.45, 2.75) is 6.92 Å². The van der Waals surface area contributed by atoms with Gasteiger partial charge in [-0.25, -0.2) is 8.78 Å². The quantitative estimate of drug-likeness (QED) is 0.691. The number of aryl methyl sites for hydroxylation is 1. The minimum atomic E-state index is -0.687. The molecule has 0 atom stereocenters. The van der Waals surface area contributed by atoms with Crippen LogP contribution in [0.2, 0.25) is 0 Å². The molecule has 106 valence electrons. The van der Waals surface area contributed by atoms with Gasteiger partial charge in [0.2, 0.25) is 0 Å². The molecular formula is C17H13F2NO. The number of rotatable bonds is 2. The molecule has 0 amide bonds. The summed E-state index contributed by atoms with van der Waals surface area (Å²) in [6.45, 7) is 1.92. The molecule has 1 heterocycles. The van der Waals surface area contributed by atoms with Crippen LogP contribution in [-0.4, -0.2) is 12.1 Å². The van der Waals surface area contributed by atoms with Crippen molar-refractivity contribution in [3.8, 4) is 17.0 Å². The third kappa shape index (κ3) is 2.23. The molecule has 0 aliphatic rings. The zero-order valence-corrected chi connectivity index (χ0v) is 11.7. The van der Waals surface area contributed by atoms with E-state index in [0.717, 1.165) is 28.5 Å². The van der Waals surface area contributed by atoms with Crippen LogP contribution in [0, 0.1) is 18.6 Å². The van der Waals surface area contributed by atoms with Gasteiger partial charge >= 0.3 is 0 Å². The summed E-state index contributed by atoms with van der Waals surface area (Å²) < 4.78 is 33.4. The van der Waals surface area contributed by atoms with Crippen molar-refractivity contribution >= 4 is 10.8 Å². The van der Waals surface area contributed by atoms with Crippen LogP contribution in [-0.2, 0) is 0 Å². The molecule has 0 radical (unpaired) electrons. The summed E-state index contributed by atoms with van der Waals surface area (Å²) in [5.74, 6) is -1.23. The molecule has 0 aliphatic heterocycles. The first-order chi connectivity index (χ1) is 10.1. The van der Waals surface area contributed by atoms with Gasteiger partial charge in [-0.05, 0) is 17.9 Å². The fraction of sp³-hybridized carbons (Fsp3) is 0.118. The Kier molecular flexibility index (Phi) is 3.29. The number of fused-ring (bicyclic) bond motifs is 1. The van der Waals surface area contributed by atoms with Crippen LogP contribution in [0.4, 0.5) is 8.78 Å². The molecule has 3 aromatic rings. The largest absolute Gasteiger partial charge is 0.497 e. The van der Waals surface area contributed by atoms with Crippen LogP contribution in [0.3, 0.4) is 0 Å². The lowest BCUT2D eigenvalue weighted by Crippen LogP contribution is -1.97. The van der Waals surface area contributed by atoms with Crippen molar-refractivity contribution in [3.63, 3.8) is 0 Å². The smallest absolute Gasteiger partial charge is 0.139 e. The standard InChI is InChI=1S/C17H13F2NO/c1-10-9-20-17(13-6-4-3-5-12(10)13)16-14(18)7-11(21-2)8-15(16)19/h3-9H,1-2H3. The van der Waals surface area contributed by atoms with Crippen LogP contribution in [0.1, 0.15) is 5.56 Å². The van der Waals surface area contributed by atoms with E-state index in [9.17, 15) is 8.78 Å². The van der Waals surface area contributed by atoms with Gasteiger partial charge in [0.1, 0.15) is 17.4 Å². The molecule has 0 bridgehead atoms. The summed E-state index contributed by atoms with van der Waals surface area (Å²) in [4.78, 5) is 4.23. The van der Waals surface area contributed by atoms with Crippen molar-refractivity contribution in [3.05, 3.63) is 59.8 Å². The maximum absolute atomic E-state index is 14.3. The van der Waals surface area contributed by atoms with Gasteiger partial charge < -0.3 is 4.74 Å². The number of benzene rings is 2. The summed E-state index contributed by atoms with van der Waals surface area (Å²) >= 11 is 0. The van der Waals surface area contributed by atoms with E-state index in [0.29, 0.717) is 5.69 Å². The highest BCUT2D eigenvalue weighted by molar-refractivity contribution is 5.96. The van der Waals surface area contributed by atoms with Crippen molar-refractivity contribution < 1.29 is 13.5 Å². The number of hydrogen-bond donors (Lipinski definition) is 0. The number of pyridine rings is 1. The van der Waals surface area contributed by atoms with Gasteiger partial charge in [0, 0.05) is 23.7 Å². The summed E-state index contributed by atoms with van der Waals surface area (Å²) in [6.07, 6.45) is 1.63. The third-order valence-corrected chi connectivity index (χ3v) is 3.48. The highest BCUT2D eigenvalue weighted by atomic mass is 19.1. The molecule has 1 aromatic heterocycles.